The first-order valence-electron chi connectivity index (χ1n) is 8.86. The van der Waals surface area contributed by atoms with Crippen LogP contribution in [0.2, 0.25) is 10.0 Å². The second-order valence-electron chi connectivity index (χ2n) is 8.03. The zero-order chi connectivity index (χ0) is 16.7. The zero-order valence-corrected chi connectivity index (χ0v) is 16.0. The number of amides is 1. The van der Waals surface area contributed by atoms with Crippen LogP contribution in [0.25, 0.3) is 0 Å². The Bertz CT molecular complexity index is 593. The summed E-state index contributed by atoms with van der Waals surface area (Å²) < 4.78 is 0. The van der Waals surface area contributed by atoms with Crippen molar-refractivity contribution in [3.05, 3.63) is 28.2 Å². The third-order valence-corrected chi connectivity index (χ3v) is 8.08. The van der Waals surface area contributed by atoms with Crippen molar-refractivity contribution in [1.29, 1.82) is 0 Å². The largest absolute Gasteiger partial charge is 0.355 e. The molecule has 4 aliphatic rings. The molecule has 0 aromatic heterocycles. The van der Waals surface area contributed by atoms with Gasteiger partial charge in [0.15, 0.2) is 0 Å². The molecule has 4 aliphatic carbocycles. The van der Waals surface area contributed by atoms with Gasteiger partial charge in [-0.1, -0.05) is 29.3 Å². The normalized spacial score (nSPS) is 33.7. The van der Waals surface area contributed by atoms with E-state index < -0.39 is 0 Å². The summed E-state index contributed by atoms with van der Waals surface area (Å²) in [6.45, 7) is 0.853. The van der Waals surface area contributed by atoms with Gasteiger partial charge in [-0.15, -0.1) is 11.8 Å². The molecule has 24 heavy (non-hydrogen) atoms. The minimum atomic E-state index is 0.0896. The third-order valence-electron chi connectivity index (χ3n) is 6.09. The number of hydrogen-bond donors (Lipinski definition) is 1. The molecule has 5 rings (SSSR count). The van der Waals surface area contributed by atoms with Gasteiger partial charge >= 0.3 is 0 Å². The van der Waals surface area contributed by atoms with E-state index in [4.69, 9.17) is 23.2 Å². The summed E-state index contributed by atoms with van der Waals surface area (Å²) in [5.74, 6) is 3.22. The number of carbonyl (C=O) groups is 1. The number of thioether (sulfide) groups is 1. The maximum absolute atomic E-state index is 12.3. The Hall–Kier alpha value is -0.380. The third kappa shape index (κ3) is 3.45. The summed E-state index contributed by atoms with van der Waals surface area (Å²) in [6, 6.07) is 5.44. The molecule has 0 atom stereocenters. The first kappa shape index (κ1) is 17.1. The predicted octanol–water partition coefficient (Wildman–Crippen LogP) is 5.42. The van der Waals surface area contributed by atoms with Crippen LogP contribution in [0, 0.1) is 23.2 Å². The average Bonchev–Trinajstić information content (AvgIpc) is 2.51. The molecule has 0 aliphatic heterocycles. The molecule has 1 N–H and O–H groups in total. The molecule has 130 valence electrons. The Kier molecular flexibility index (Phi) is 4.79. The minimum Gasteiger partial charge on any atom is -0.355 e. The highest BCUT2D eigenvalue weighted by molar-refractivity contribution is 8.00. The zero-order valence-electron chi connectivity index (χ0n) is 13.7. The Morgan fingerprint density at radius 1 is 1.08 bits per heavy atom. The molecule has 4 fully saturated rings. The van der Waals surface area contributed by atoms with Crippen molar-refractivity contribution in [3.63, 3.8) is 0 Å². The molecule has 0 unspecified atom stereocenters. The van der Waals surface area contributed by atoms with Crippen molar-refractivity contribution >= 4 is 40.9 Å². The highest BCUT2D eigenvalue weighted by Gasteiger charge is 2.50. The number of nitrogens with one attached hydrogen (secondary N) is 1. The monoisotopic (exact) mass is 383 g/mol. The standard InChI is InChI=1S/C19H23Cl2NOS/c20-15-2-1-3-16(21)18(15)24-10-17(23)22-11-19-7-12-4-13(8-19)6-14(5-12)9-19/h1-3,12-14H,4-11H2,(H,22,23). The molecule has 5 heteroatoms. The first-order valence-corrected chi connectivity index (χ1v) is 10.6. The maximum Gasteiger partial charge on any atom is 0.230 e. The van der Waals surface area contributed by atoms with Gasteiger partial charge in [-0.3, -0.25) is 4.79 Å². The van der Waals surface area contributed by atoms with Gasteiger partial charge in [0.2, 0.25) is 5.91 Å². The minimum absolute atomic E-state index is 0.0896. The summed E-state index contributed by atoms with van der Waals surface area (Å²) in [7, 11) is 0. The van der Waals surface area contributed by atoms with Crippen LogP contribution in [0.5, 0.6) is 0 Å². The van der Waals surface area contributed by atoms with E-state index in [-0.39, 0.29) is 5.91 Å². The fraction of sp³-hybridized carbons (Fsp3) is 0.632. The fourth-order valence-electron chi connectivity index (χ4n) is 5.60. The molecule has 1 aromatic carbocycles. The summed E-state index contributed by atoms with van der Waals surface area (Å²) in [5.41, 5.74) is 0.386. The Labute approximate surface area is 158 Å². The molecule has 0 radical (unpaired) electrons. The molecule has 1 amide bonds. The van der Waals surface area contributed by atoms with Crippen LogP contribution in [0.3, 0.4) is 0 Å². The van der Waals surface area contributed by atoms with Gasteiger partial charge in [0.25, 0.3) is 0 Å². The number of halogens is 2. The summed E-state index contributed by atoms with van der Waals surface area (Å²) in [5, 5.41) is 4.43. The molecule has 1 aromatic rings. The topological polar surface area (TPSA) is 29.1 Å². The lowest BCUT2D eigenvalue weighted by Crippen LogP contribution is -2.51. The highest BCUT2D eigenvalue weighted by atomic mass is 35.5. The van der Waals surface area contributed by atoms with Crippen molar-refractivity contribution in [2.45, 2.75) is 43.4 Å². The second kappa shape index (κ2) is 6.74. The van der Waals surface area contributed by atoms with E-state index in [2.05, 4.69) is 5.32 Å². The van der Waals surface area contributed by atoms with E-state index in [9.17, 15) is 4.79 Å². The Balaban J connectivity index is 1.31. The van der Waals surface area contributed by atoms with Crippen LogP contribution < -0.4 is 5.32 Å². The van der Waals surface area contributed by atoms with E-state index in [0.29, 0.717) is 21.2 Å². The second-order valence-corrected chi connectivity index (χ2v) is 9.83. The SMILES string of the molecule is O=C(CSc1c(Cl)cccc1Cl)NCC12CC3CC(CC(C3)C1)C2. The van der Waals surface area contributed by atoms with Gasteiger partial charge in [0, 0.05) is 11.4 Å². The van der Waals surface area contributed by atoms with Gasteiger partial charge in [-0.05, 0) is 73.8 Å². The maximum atomic E-state index is 12.3. The molecule has 4 bridgehead atoms. The average molecular weight is 384 g/mol. The molecule has 0 spiro atoms. The van der Waals surface area contributed by atoms with Gasteiger partial charge < -0.3 is 5.32 Å². The number of hydrogen-bond acceptors (Lipinski definition) is 2. The van der Waals surface area contributed by atoms with Crippen LogP contribution >= 0.6 is 35.0 Å². The van der Waals surface area contributed by atoms with Crippen molar-refractivity contribution in [1.82, 2.24) is 5.32 Å². The van der Waals surface area contributed by atoms with E-state index in [1.165, 1.54) is 50.3 Å². The van der Waals surface area contributed by atoms with Gasteiger partial charge in [0.05, 0.1) is 15.8 Å². The van der Waals surface area contributed by atoms with Gasteiger partial charge in [-0.2, -0.15) is 0 Å². The Morgan fingerprint density at radius 3 is 2.17 bits per heavy atom. The van der Waals surface area contributed by atoms with Crippen LogP contribution in [-0.2, 0) is 4.79 Å². The van der Waals surface area contributed by atoms with E-state index in [1.54, 1.807) is 0 Å². The molecular formula is C19H23Cl2NOS. The van der Waals surface area contributed by atoms with Crippen molar-refractivity contribution < 1.29 is 4.79 Å². The van der Waals surface area contributed by atoms with E-state index in [0.717, 1.165) is 29.2 Å². The van der Waals surface area contributed by atoms with Crippen LogP contribution in [0.4, 0.5) is 0 Å². The lowest BCUT2D eigenvalue weighted by molar-refractivity contribution is -0.120. The lowest BCUT2D eigenvalue weighted by atomic mass is 9.49. The molecule has 4 saturated carbocycles. The van der Waals surface area contributed by atoms with Gasteiger partial charge in [-0.25, -0.2) is 0 Å². The van der Waals surface area contributed by atoms with Crippen LogP contribution in [-0.4, -0.2) is 18.2 Å². The summed E-state index contributed by atoms with van der Waals surface area (Å²) in [6.07, 6.45) is 8.28. The molecule has 2 nitrogen and oxygen atoms in total. The molecular weight excluding hydrogens is 361 g/mol. The fourth-order valence-corrected chi connectivity index (χ4v) is 7.12. The van der Waals surface area contributed by atoms with E-state index >= 15 is 0 Å². The van der Waals surface area contributed by atoms with Crippen LogP contribution in [0.1, 0.15) is 38.5 Å². The Morgan fingerprint density at radius 2 is 1.62 bits per heavy atom. The van der Waals surface area contributed by atoms with Crippen molar-refractivity contribution in [2.24, 2.45) is 23.2 Å². The predicted molar refractivity (Wildman–Crippen MR) is 101 cm³/mol. The smallest absolute Gasteiger partial charge is 0.230 e. The van der Waals surface area contributed by atoms with Crippen molar-refractivity contribution in [2.75, 3.05) is 12.3 Å². The number of carbonyl (C=O) groups excluding carboxylic acids is 1. The summed E-state index contributed by atoms with van der Waals surface area (Å²) >= 11 is 13.8. The van der Waals surface area contributed by atoms with Crippen LogP contribution in [0.15, 0.2) is 23.1 Å². The van der Waals surface area contributed by atoms with E-state index in [1.807, 2.05) is 18.2 Å². The van der Waals surface area contributed by atoms with Crippen molar-refractivity contribution in [3.8, 4) is 0 Å². The lowest BCUT2D eigenvalue weighted by Gasteiger charge is -2.56. The van der Waals surface area contributed by atoms with Gasteiger partial charge in [0.1, 0.15) is 0 Å². The molecule has 0 heterocycles. The first-order chi connectivity index (χ1) is 11.5. The number of benzene rings is 1. The number of rotatable bonds is 5. The quantitative estimate of drug-likeness (QED) is 0.687. The highest BCUT2D eigenvalue weighted by Crippen LogP contribution is 2.59. The molecule has 0 saturated heterocycles. The summed E-state index contributed by atoms with van der Waals surface area (Å²) in [4.78, 5) is 13.1.